The highest BCUT2D eigenvalue weighted by atomic mass is 16.8. The van der Waals surface area contributed by atoms with Crippen LogP contribution in [-0.4, -0.2) is 396 Å². The number of ether oxygens (including phenoxy) is 12. The van der Waals surface area contributed by atoms with E-state index in [4.69, 9.17) is 56.8 Å². The molecule has 25 N–H and O–H groups in total. The number of hydrogen-bond donors (Lipinski definition) is 25. The predicted molar refractivity (Wildman–Crippen MR) is 458 cm³/mol. The first kappa shape index (κ1) is 115. The lowest BCUT2D eigenvalue weighted by molar-refractivity contribution is -0.391. The second kappa shape index (κ2) is 59.6. The van der Waals surface area contributed by atoms with E-state index in [-0.39, 0.29) is 6.42 Å². The smallest absolute Gasteiger partial charge is 0.364 e. The van der Waals surface area contributed by atoms with Crippen LogP contribution in [0.25, 0.3) is 0 Å². The van der Waals surface area contributed by atoms with Gasteiger partial charge < -0.3 is 185 Å². The topological polar surface area (TPSA) is 686 Å². The van der Waals surface area contributed by atoms with Crippen molar-refractivity contribution in [2.75, 3.05) is 46.2 Å². The summed E-state index contributed by atoms with van der Waals surface area (Å²) in [7, 11) is 0. The fourth-order valence-corrected chi connectivity index (χ4v) is 17.5. The number of aliphatic hydroxyl groups is 19. The number of aliphatic hydroxyl groups excluding tert-OH is 19. The summed E-state index contributed by atoms with van der Waals surface area (Å²) in [6.07, 6.45) is -25.5. The standard InChI is InChI=1S/C88H156N4O39/c1-6-8-10-12-14-16-18-20-21-22-23-24-25-27-29-31-33-35-37-39-62(106)92-52(53(101)38-36-34-32-30-28-26-19-17-15-13-11-9-7-2)47-120-82-72(113)71(112)75(60(46-97)124-82)126-83-73(114)79(68(109)58(44-95)122-83)128-81-65(91-51(5)100)76(70(111)61(125-81)48-121-87(85(116)117)40-54(102)63(89-49(3)98)77(129-87)66(107)56(104)42-93)127-84-74(115)80(69(110)59(45-96)123-84)131-88(86(118)119)41-55(103)64(90-50(4)99)78(130-88)67(108)57(105)43-94/h36,38,52-61,63-84,93-97,101-105,107-115H,6-35,37,39-48H2,1-5H3,(H,89,98)(H,90,99)(H,91,100)(H,92,106)(H,116,117)(H,118,119)/b38-36+/t52-,53+,54?,55?,56+,57+,58?,59?,60?,61?,63+,64+,65?,66+,67+,68-,69-,70+,71+,72?,73?,74?,75+,76+,77?,78?,79-,80-,81-,82+,83-,84-,87+,88-/m0/s1. The van der Waals surface area contributed by atoms with E-state index in [1.807, 2.05) is 0 Å². The number of allylic oxidation sites excluding steroid dienone is 1. The third kappa shape index (κ3) is 35.0. The van der Waals surface area contributed by atoms with Gasteiger partial charge in [0.05, 0.1) is 82.7 Å². The zero-order chi connectivity index (χ0) is 96.7. The highest BCUT2D eigenvalue weighted by molar-refractivity contribution is 5.78. The highest BCUT2D eigenvalue weighted by Crippen LogP contribution is 2.42. The number of aliphatic carboxylic acids is 2. The van der Waals surface area contributed by atoms with Crippen LogP contribution in [0.1, 0.15) is 253 Å². The SMILES string of the molecule is CCCCCCCCCCCCC/C=C/[C@@H](O)[C@H](CO[C@@H]1OC(CO)[C@@H](O[C@@H]2OC(CO)[C@H](O)[C@H](O[C@@H]3OC(CO[C@]4(C(=O)O)CC(O)[C@@H](NC(C)=O)C([C@H](O)[C@H](O)CO)O4)[C@@H](O)[C@H](O[C@@H]4OC(CO)[C@H](O)[C@H](O[C@]5(C(=O)O)CC(O)[C@@H](NC(C)=O)C([C@H](O)[C@H](O)CO)O5)C4O)C3NC(C)=O)C2O)[C@H](O)C1O)NC(=O)CCCCCCCCCCCCCCCCCCCCC. The number of rotatable bonds is 63. The molecule has 0 aromatic carbocycles. The van der Waals surface area contributed by atoms with E-state index in [0.29, 0.717) is 12.8 Å². The number of amides is 4. The number of unbranched alkanes of at least 4 members (excludes halogenated alkanes) is 29. The first-order valence-corrected chi connectivity index (χ1v) is 47.2. The van der Waals surface area contributed by atoms with Crippen molar-refractivity contribution in [2.24, 2.45) is 0 Å². The minimum absolute atomic E-state index is 0.116. The van der Waals surface area contributed by atoms with E-state index in [2.05, 4.69) is 35.1 Å². The summed E-state index contributed by atoms with van der Waals surface area (Å²) in [5.74, 6) is -14.2. The van der Waals surface area contributed by atoms with Gasteiger partial charge in [-0.2, -0.15) is 0 Å². The minimum Gasteiger partial charge on any atom is -0.477 e. The molecule has 0 spiro atoms. The van der Waals surface area contributed by atoms with Crippen LogP contribution in [0.4, 0.5) is 0 Å². The predicted octanol–water partition coefficient (Wildman–Crippen LogP) is -2.31. The van der Waals surface area contributed by atoms with Crippen molar-refractivity contribution in [3.63, 3.8) is 0 Å². The van der Waals surface area contributed by atoms with E-state index in [1.54, 1.807) is 6.08 Å². The molecule has 6 aliphatic rings. The molecule has 43 nitrogen and oxygen atoms in total. The van der Waals surface area contributed by atoms with E-state index in [1.165, 1.54) is 128 Å². The van der Waals surface area contributed by atoms with Crippen molar-refractivity contribution in [1.82, 2.24) is 21.3 Å². The molecule has 0 aromatic heterocycles. The Morgan fingerprint density at radius 3 is 1.22 bits per heavy atom. The first-order valence-electron chi connectivity index (χ1n) is 47.2. The van der Waals surface area contributed by atoms with Crippen molar-refractivity contribution in [3.8, 4) is 0 Å². The van der Waals surface area contributed by atoms with Crippen molar-refractivity contribution in [3.05, 3.63) is 12.2 Å². The number of nitrogens with one attached hydrogen (secondary N) is 4. The van der Waals surface area contributed by atoms with Gasteiger partial charge in [0.15, 0.2) is 25.2 Å². The second-order valence-electron chi connectivity index (χ2n) is 35.7. The Labute approximate surface area is 765 Å². The molecular weight excluding hydrogens is 1740 g/mol. The van der Waals surface area contributed by atoms with Crippen LogP contribution >= 0.6 is 0 Å². The number of carbonyl (C=O) groups is 6. The maximum absolute atomic E-state index is 13.7. The molecule has 131 heavy (non-hydrogen) atoms. The molecule has 762 valence electrons. The third-order valence-corrected chi connectivity index (χ3v) is 25.1. The summed E-state index contributed by atoms with van der Waals surface area (Å²) >= 11 is 0. The Morgan fingerprint density at radius 1 is 0.412 bits per heavy atom. The summed E-state index contributed by atoms with van der Waals surface area (Å²) in [6, 6.07) is -6.88. The summed E-state index contributed by atoms with van der Waals surface area (Å²) in [4.78, 5) is 79.1. The normalized spacial score (nSPS) is 34.4. The lowest BCUT2D eigenvalue weighted by atomic mass is 9.88. The van der Waals surface area contributed by atoms with Crippen molar-refractivity contribution in [2.45, 2.75) is 460 Å². The first-order chi connectivity index (χ1) is 62.5. The van der Waals surface area contributed by atoms with Gasteiger partial charge in [0.1, 0.15) is 134 Å². The van der Waals surface area contributed by atoms with Crippen LogP contribution in [0.5, 0.6) is 0 Å². The van der Waals surface area contributed by atoms with E-state index >= 15 is 0 Å². The quantitative estimate of drug-likeness (QED) is 0.0225. The van der Waals surface area contributed by atoms with Gasteiger partial charge in [0.25, 0.3) is 11.6 Å². The van der Waals surface area contributed by atoms with Crippen LogP contribution in [0.2, 0.25) is 0 Å². The second-order valence-corrected chi connectivity index (χ2v) is 35.7. The molecule has 12 unspecified atom stereocenters. The van der Waals surface area contributed by atoms with E-state index < -0.39 is 302 Å². The molecule has 0 aliphatic carbocycles. The molecule has 0 aromatic rings. The molecule has 6 rings (SSSR count). The van der Waals surface area contributed by atoms with Gasteiger partial charge in [0.2, 0.25) is 23.6 Å². The fourth-order valence-electron chi connectivity index (χ4n) is 17.5. The van der Waals surface area contributed by atoms with Crippen LogP contribution in [0.15, 0.2) is 12.2 Å². The molecule has 0 radical (unpaired) electrons. The number of hydrogen-bond acceptors (Lipinski definition) is 37. The van der Waals surface area contributed by atoms with Crippen molar-refractivity contribution >= 4 is 35.6 Å². The Hall–Kier alpha value is -4.68. The summed E-state index contributed by atoms with van der Waals surface area (Å²) in [6.45, 7) is -0.641. The molecule has 6 fully saturated rings. The van der Waals surface area contributed by atoms with Gasteiger partial charge in [-0.05, 0) is 19.3 Å². The van der Waals surface area contributed by atoms with Crippen LogP contribution < -0.4 is 21.3 Å². The van der Waals surface area contributed by atoms with Gasteiger partial charge in [0, 0.05) is 40.0 Å². The van der Waals surface area contributed by atoms with Crippen LogP contribution in [-0.2, 0) is 85.6 Å². The Balaban J connectivity index is 1.25. The largest absolute Gasteiger partial charge is 0.477 e. The van der Waals surface area contributed by atoms with Gasteiger partial charge in [-0.25, -0.2) is 9.59 Å². The average molecular weight is 1890 g/mol. The summed E-state index contributed by atoms with van der Waals surface area (Å²) < 4.78 is 71.7. The lowest BCUT2D eigenvalue weighted by Crippen LogP contribution is -2.72. The van der Waals surface area contributed by atoms with Crippen molar-refractivity contribution in [1.29, 1.82) is 0 Å². The minimum atomic E-state index is -3.37. The van der Waals surface area contributed by atoms with Crippen LogP contribution in [0, 0.1) is 0 Å². The molecule has 6 saturated heterocycles. The third-order valence-electron chi connectivity index (χ3n) is 25.1. The maximum atomic E-state index is 13.7. The maximum Gasteiger partial charge on any atom is 0.364 e. The summed E-state index contributed by atoms with van der Waals surface area (Å²) in [5, 5.41) is 247. The van der Waals surface area contributed by atoms with E-state index in [0.717, 1.165) is 85.0 Å². The van der Waals surface area contributed by atoms with Gasteiger partial charge in [-0.15, -0.1) is 0 Å². The fraction of sp³-hybridized carbons (Fsp3) is 0.909. The number of carbonyl (C=O) groups excluding carboxylic acids is 4. The molecule has 43 heteroatoms. The molecule has 34 atom stereocenters. The highest BCUT2D eigenvalue weighted by Gasteiger charge is 2.63. The van der Waals surface area contributed by atoms with E-state index in [9.17, 15) is 136 Å². The van der Waals surface area contributed by atoms with Gasteiger partial charge in [-0.1, -0.05) is 206 Å². The molecular formula is C88H156N4O39. The summed E-state index contributed by atoms with van der Waals surface area (Å²) in [5.41, 5.74) is 0. The molecule has 0 bridgehead atoms. The Bertz CT molecular complexity index is 3280. The number of carboxylic acids is 2. The van der Waals surface area contributed by atoms with Crippen LogP contribution in [0.3, 0.4) is 0 Å². The average Bonchev–Trinajstić information content (AvgIpc) is 0.768. The molecule has 4 amide bonds. The molecule has 6 aliphatic heterocycles. The lowest BCUT2D eigenvalue weighted by Gasteiger charge is -2.52. The van der Waals surface area contributed by atoms with Crippen molar-refractivity contribution < 1.29 is 193 Å². The molecule has 6 heterocycles. The Kier molecular flexibility index (Phi) is 52.3. The van der Waals surface area contributed by atoms with Gasteiger partial charge >= 0.3 is 11.9 Å². The number of carboxylic acid groups (broad SMARTS) is 2. The monoisotopic (exact) mass is 1890 g/mol. The zero-order valence-electron chi connectivity index (χ0n) is 76.4. The molecule has 0 saturated carbocycles. The Morgan fingerprint density at radius 2 is 0.786 bits per heavy atom. The zero-order valence-corrected chi connectivity index (χ0v) is 76.4. The van der Waals surface area contributed by atoms with Gasteiger partial charge in [-0.3, -0.25) is 19.2 Å².